The van der Waals surface area contributed by atoms with E-state index in [4.69, 9.17) is 10.5 Å². The lowest BCUT2D eigenvalue weighted by Gasteiger charge is -2.20. The minimum atomic E-state index is -3.42. The third-order valence-electron chi connectivity index (χ3n) is 4.93. The molecule has 0 radical (unpaired) electrons. The fourth-order valence-corrected chi connectivity index (χ4v) is 4.81. The maximum atomic E-state index is 11.9. The number of hydrogen-bond acceptors (Lipinski definition) is 10. The lowest BCUT2D eigenvalue weighted by molar-refractivity contribution is -0.138. The van der Waals surface area contributed by atoms with Gasteiger partial charge in [0.25, 0.3) is 6.47 Å². The molecule has 0 saturated carbocycles. The molecule has 34 heavy (non-hydrogen) atoms. The molecule has 1 aromatic carbocycles. The van der Waals surface area contributed by atoms with Crippen molar-refractivity contribution in [2.24, 2.45) is 5.73 Å². The maximum Gasteiger partial charge on any atom is 0.293 e. The molecule has 1 aromatic heterocycles. The standard InChI is InChI=1S/C18H23N3O4S2.C5H10O2/c1-11(22)14-9-13(27(2,23)24)3-4-16(14)25-17(19)15-10-26-18(21-15)12-5-7-20-8-6-12;1-5(2,3)7-4-6/h3-4,9-10,12,17,20H,5-8,19H2,1-2H3;4H,1-3H3. The number of nitrogens with two attached hydrogens (primary N) is 1. The number of hydrogen-bond donors (Lipinski definition) is 2. The van der Waals surface area contributed by atoms with Gasteiger partial charge in [0.15, 0.2) is 21.8 Å². The van der Waals surface area contributed by atoms with Gasteiger partial charge >= 0.3 is 0 Å². The van der Waals surface area contributed by atoms with E-state index in [-0.39, 0.29) is 27.6 Å². The van der Waals surface area contributed by atoms with Crippen LogP contribution < -0.4 is 15.8 Å². The van der Waals surface area contributed by atoms with E-state index in [1.165, 1.54) is 25.1 Å². The predicted molar refractivity (Wildman–Crippen MR) is 131 cm³/mol. The van der Waals surface area contributed by atoms with E-state index < -0.39 is 16.1 Å². The molecule has 1 fully saturated rings. The second kappa shape index (κ2) is 11.9. The van der Waals surface area contributed by atoms with Crippen molar-refractivity contribution in [1.29, 1.82) is 0 Å². The van der Waals surface area contributed by atoms with Crippen LogP contribution in [0.1, 0.15) is 73.7 Å². The Kier molecular flexibility index (Phi) is 9.74. The lowest BCUT2D eigenvalue weighted by atomic mass is 9.99. The van der Waals surface area contributed by atoms with Gasteiger partial charge in [0.2, 0.25) is 0 Å². The Hall–Kier alpha value is -2.34. The van der Waals surface area contributed by atoms with Crippen molar-refractivity contribution in [2.75, 3.05) is 19.3 Å². The smallest absolute Gasteiger partial charge is 0.293 e. The highest BCUT2D eigenvalue weighted by atomic mass is 32.2. The zero-order chi connectivity index (χ0) is 25.5. The molecule has 0 aliphatic carbocycles. The number of ketones is 1. The minimum Gasteiger partial charge on any atom is -0.469 e. The summed E-state index contributed by atoms with van der Waals surface area (Å²) in [5.41, 5.74) is 6.61. The molecule has 1 atom stereocenters. The number of sulfone groups is 1. The van der Waals surface area contributed by atoms with Gasteiger partial charge in [-0.25, -0.2) is 13.4 Å². The van der Waals surface area contributed by atoms with Crippen molar-refractivity contribution in [3.8, 4) is 5.75 Å². The molecule has 2 heterocycles. The second-order valence-electron chi connectivity index (χ2n) is 8.99. The predicted octanol–water partition coefficient (Wildman–Crippen LogP) is 3.21. The van der Waals surface area contributed by atoms with Gasteiger partial charge in [-0.1, -0.05) is 0 Å². The highest BCUT2D eigenvalue weighted by molar-refractivity contribution is 7.90. The van der Waals surface area contributed by atoms with Crippen molar-refractivity contribution in [2.45, 2.75) is 63.2 Å². The first-order valence-corrected chi connectivity index (χ1v) is 13.6. The van der Waals surface area contributed by atoms with Crippen LogP contribution in [0.25, 0.3) is 0 Å². The molecule has 2 aromatic rings. The van der Waals surface area contributed by atoms with Crippen LogP contribution in [0, 0.1) is 0 Å². The number of rotatable bonds is 7. The van der Waals surface area contributed by atoms with E-state index in [1.807, 2.05) is 26.2 Å². The first-order valence-electron chi connectivity index (χ1n) is 10.9. The van der Waals surface area contributed by atoms with Crippen LogP contribution in [0.4, 0.5) is 0 Å². The summed E-state index contributed by atoms with van der Waals surface area (Å²) in [6.07, 6.45) is 2.35. The molecule has 188 valence electrons. The van der Waals surface area contributed by atoms with Crippen LogP contribution in [0.2, 0.25) is 0 Å². The summed E-state index contributed by atoms with van der Waals surface area (Å²) in [6.45, 7) is 9.25. The highest BCUT2D eigenvalue weighted by Crippen LogP contribution is 2.31. The molecule has 3 N–H and O–H groups in total. The van der Waals surface area contributed by atoms with Crippen LogP contribution in [0.3, 0.4) is 0 Å². The number of piperidine rings is 1. The van der Waals surface area contributed by atoms with Crippen LogP contribution in [0.5, 0.6) is 5.75 Å². The average molecular weight is 512 g/mol. The number of carbonyl (C=O) groups excluding carboxylic acids is 2. The van der Waals surface area contributed by atoms with Crippen molar-refractivity contribution in [3.05, 3.63) is 39.8 Å². The van der Waals surface area contributed by atoms with Crippen LogP contribution in [-0.4, -0.2) is 50.6 Å². The highest BCUT2D eigenvalue weighted by Gasteiger charge is 2.22. The molecule has 3 rings (SSSR count). The van der Waals surface area contributed by atoms with Crippen LogP contribution >= 0.6 is 11.3 Å². The van der Waals surface area contributed by atoms with Gasteiger partial charge in [-0.3, -0.25) is 15.3 Å². The van der Waals surface area contributed by atoms with E-state index in [0.717, 1.165) is 37.2 Å². The molecule has 0 bridgehead atoms. The van der Waals surface area contributed by atoms with Gasteiger partial charge in [-0.05, 0) is 71.8 Å². The minimum absolute atomic E-state index is 0.0653. The van der Waals surface area contributed by atoms with Crippen molar-refractivity contribution >= 4 is 33.4 Å². The number of benzene rings is 1. The SMILES string of the molecule is CC(=O)c1cc(S(C)(=O)=O)ccc1OC(N)c1csc(C2CCNCC2)n1.CC(C)(C)OC=O. The molecule has 0 amide bonds. The number of Topliss-reactive ketones (excluding diaryl/α,β-unsaturated/α-hetero) is 1. The summed E-state index contributed by atoms with van der Waals surface area (Å²) in [5.74, 6) is 0.384. The molecule has 1 aliphatic rings. The summed E-state index contributed by atoms with van der Waals surface area (Å²) in [7, 11) is -3.42. The summed E-state index contributed by atoms with van der Waals surface area (Å²) in [4.78, 5) is 26.2. The van der Waals surface area contributed by atoms with Gasteiger partial charge < -0.3 is 14.8 Å². The largest absolute Gasteiger partial charge is 0.469 e. The Balaban J connectivity index is 0.000000509. The first-order chi connectivity index (χ1) is 15.8. The van der Waals surface area contributed by atoms with E-state index in [9.17, 15) is 18.0 Å². The number of carbonyl (C=O) groups is 2. The van der Waals surface area contributed by atoms with E-state index >= 15 is 0 Å². The summed E-state index contributed by atoms with van der Waals surface area (Å²) in [6, 6.07) is 4.19. The van der Waals surface area contributed by atoms with Gasteiger partial charge in [0, 0.05) is 17.6 Å². The van der Waals surface area contributed by atoms with Gasteiger partial charge in [-0.15, -0.1) is 11.3 Å². The summed E-state index contributed by atoms with van der Waals surface area (Å²) in [5, 5.41) is 6.25. The Morgan fingerprint density at radius 3 is 2.44 bits per heavy atom. The summed E-state index contributed by atoms with van der Waals surface area (Å²) < 4.78 is 33.8. The summed E-state index contributed by atoms with van der Waals surface area (Å²) >= 11 is 1.57. The molecule has 0 spiro atoms. The van der Waals surface area contributed by atoms with E-state index in [0.29, 0.717) is 18.1 Å². The molecule has 1 saturated heterocycles. The molecular weight excluding hydrogens is 478 g/mol. The Labute approximate surface area is 205 Å². The second-order valence-corrected chi connectivity index (χ2v) is 11.9. The fraction of sp³-hybridized carbons (Fsp3) is 0.522. The van der Waals surface area contributed by atoms with Crippen LogP contribution in [0.15, 0.2) is 28.5 Å². The van der Waals surface area contributed by atoms with Crippen LogP contribution in [-0.2, 0) is 19.4 Å². The van der Waals surface area contributed by atoms with Crippen molar-refractivity contribution in [1.82, 2.24) is 10.3 Å². The quantitative estimate of drug-likeness (QED) is 0.326. The zero-order valence-corrected chi connectivity index (χ0v) is 21.8. The van der Waals surface area contributed by atoms with E-state index in [2.05, 4.69) is 15.0 Å². The third-order valence-corrected chi connectivity index (χ3v) is 7.07. The van der Waals surface area contributed by atoms with Gasteiger partial charge in [0.1, 0.15) is 17.0 Å². The molecule has 11 heteroatoms. The monoisotopic (exact) mass is 511 g/mol. The Bertz CT molecular complexity index is 1090. The number of ether oxygens (including phenoxy) is 2. The van der Waals surface area contributed by atoms with Crippen molar-refractivity contribution in [3.63, 3.8) is 0 Å². The van der Waals surface area contributed by atoms with Gasteiger partial charge in [-0.2, -0.15) is 0 Å². The topological polar surface area (TPSA) is 138 Å². The molecule has 1 unspecified atom stereocenters. The number of nitrogens with zero attached hydrogens (tertiary/aromatic N) is 1. The number of nitrogens with one attached hydrogen (secondary N) is 1. The molecule has 1 aliphatic heterocycles. The lowest BCUT2D eigenvalue weighted by Crippen LogP contribution is -2.26. The van der Waals surface area contributed by atoms with Crippen molar-refractivity contribution < 1.29 is 27.5 Å². The first kappa shape index (κ1) is 27.9. The Morgan fingerprint density at radius 2 is 1.94 bits per heavy atom. The maximum absolute atomic E-state index is 11.9. The average Bonchev–Trinajstić information content (AvgIpc) is 3.24. The normalized spacial score (nSPS) is 15.6. The molecule has 9 nitrogen and oxygen atoms in total. The third kappa shape index (κ3) is 8.46. The zero-order valence-electron chi connectivity index (χ0n) is 20.2. The number of aromatic nitrogens is 1. The van der Waals surface area contributed by atoms with Gasteiger partial charge in [0.05, 0.1) is 15.5 Å². The Morgan fingerprint density at radius 1 is 1.29 bits per heavy atom. The number of thiazole rings is 1. The fourth-order valence-electron chi connectivity index (χ4n) is 3.15. The van der Waals surface area contributed by atoms with E-state index in [1.54, 1.807) is 11.3 Å². The molecular formula is C23H33N3O6S2.